The van der Waals surface area contributed by atoms with E-state index in [4.69, 9.17) is 9.05 Å². The Hall–Kier alpha value is -1.88. The number of rotatable bonds is 8. The summed E-state index contributed by atoms with van der Waals surface area (Å²) in [6, 6.07) is 5.72. The highest BCUT2D eigenvalue weighted by atomic mass is 31.2. The van der Waals surface area contributed by atoms with Gasteiger partial charge in [0.1, 0.15) is 5.75 Å². The van der Waals surface area contributed by atoms with Crippen molar-refractivity contribution in [1.82, 2.24) is 4.98 Å². The van der Waals surface area contributed by atoms with E-state index in [-0.39, 0.29) is 18.6 Å². The van der Waals surface area contributed by atoms with Gasteiger partial charge < -0.3 is 19.5 Å². The maximum absolute atomic E-state index is 14.1. The number of anilines is 1. The van der Waals surface area contributed by atoms with Crippen LogP contribution >= 0.6 is 7.60 Å². The predicted molar refractivity (Wildman–Crippen MR) is 125 cm³/mol. The lowest BCUT2D eigenvalue weighted by Gasteiger charge is -2.34. The molecule has 0 saturated carbocycles. The summed E-state index contributed by atoms with van der Waals surface area (Å²) >= 11 is 0. The maximum Gasteiger partial charge on any atom is 0.357 e. The Bertz CT molecular complexity index is 931. The number of phenolic OH excluding ortho intramolecular Hbond substituents is 1. The average Bonchev–Trinajstić information content (AvgIpc) is 2.73. The molecule has 1 aliphatic carbocycles. The fraction of sp³-hybridized carbons (Fsp3) is 0.542. The third kappa shape index (κ3) is 5.14. The molecule has 0 aliphatic heterocycles. The monoisotopic (exact) mass is 446 g/mol. The molecule has 7 heteroatoms. The molecule has 1 heterocycles. The van der Waals surface area contributed by atoms with Gasteiger partial charge in [-0.3, -0.25) is 9.55 Å². The number of nitrogens with one attached hydrogen (secondary N) is 1. The second-order valence-electron chi connectivity index (χ2n) is 8.94. The van der Waals surface area contributed by atoms with Crippen molar-refractivity contribution in [3.8, 4) is 5.75 Å². The van der Waals surface area contributed by atoms with E-state index in [1.54, 1.807) is 12.4 Å². The number of aromatic nitrogens is 1. The summed E-state index contributed by atoms with van der Waals surface area (Å²) in [5.74, 6) is -0.334. The third-order valence-electron chi connectivity index (χ3n) is 5.66. The Balaban J connectivity index is 2.26. The van der Waals surface area contributed by atoms with Crippen LogP contribution in [0.4, 0.5) is 5.69 Å². The minimum absolute atomic E-state index is 0.272. The fourth-order valence-corrected chi connectivity index (χ4v) is 6.22. The molecule has 1 aliphatic rings. The second kappa shape index (κ2) is 9.72. The van der Waals surface area contributed by atoms with Crippen LogP contribution in [0.15, 0.2) is 30.6 Å². The zero-order chi connectivity index (χ0) is 22.6. The van der Waals surface area contributed by atoms with E-state index >= 15 is 0 Å². The van der Waals surface area contributed by atoms with Gasteiger partial charge >= 0.3 is 7.60 Å². The van der Waals surface area contributed by atoms with Gasteiger partial charge in [-0.15, -0.1) is 0 Å². The first-order valence-corrected chi connectivity index (χ1v) is 12.8. The number of phenols is 1. The first-order valence-electron chi connectivity index (χ1n) is 11.1. The molecule has 0 bridgehead atoms. The van der Waals surface area contributed by atoms with E-state index in [9.17, 15) is 9.67 Å². The van der Waals surface area contributed by atoms with Crippen LogP contribution in [0.25, 0.3) is 0 Å². The topological polar surface area (TPSA) is 80.7 Å². The molecule has 0 radical (unpaired) electrons. The zero-order valence-electron chi connectivity index (χ0n) is 19.3. The van der Waals surface area contributed by atoms with Crippen LogP contribution in [0.5, 0.6) is 5.75 Å². The molecule has 0 saturated heterocycles. The number of hydrogen-bond donors (Lipinski definition) is 2. The van der Waals surface area contributed by atoms with Crippen LogP contribution < -0.4 is 5.32 Å². The Labute approximate surface area is 185 Å². The number of pyridine rings is 1. The predicted octanol–water partition coefficient (Wildman–Crippen LogP) is 6.34. The van der Waals surface area contributed by atoms with Crippen LogP contribution in [0.1, 0.15) is 75.5 Å². The number of aromatic hydroxyl groups is 1. The van der Waals surface area contributed by atoms with Gasteiger partial charge in [-0.05, 0) is 85.4 Å². The van der Waals surface area contributed by atoms with Crippen molar-refractivity contribution in [2.45, 2.75) is 71.5 Å². The van der Waals surface area contributed by atoms with E-state index in [1.165, 1.54) is 0 Å². The van der Waals surface area contributed by atoms with Crippen molar-refractivity contribution in [3.63, 3.8) is 0 Å². The van der Waals surface area contributed by atoms with Crippen LogP contribution in [0.2, 0.25) is 0 Å². The van der Waals surface area contributed by atoms with Gasteiger partial charge in [0, 0.05) is 12.4 Å². The Morgan fingerprint density at radius 2 is 1.81 bits per heavy atom. The molecule has 6 nitrogen and oxygen atoms in total. The SMILES string of the molecule is CCOP(=O)(OCC)C(Nc1cccnc1)c1cc(C(C)(C)C)c(O)c2c1CCCC2. The highest BCUT2D eigenvalue weighted by Gasteiger charge is 2.40. The molecule has 1 aromatic carbocycles. The first kappa shape index (κ1) is 23.8. The summed E-state index contributed by atoms with van der Waals surface area (Å²) in [5, 5.41) is 14.5. The van der Waals surface area contributed by atoms with Gasteiger partial charge in [-0.25, -0.2) is 0 Å². The van der Waals surface area contributed by atoms with Crippen molar-refractivity contribution in [3.05, 3.63) is 52.8 Å². The highest BCUT2D eigenvalue weighted by molar-refractivity contribution is 7.54. The van der Waals surface area contributed by atoms with Gasteiger partial charge in [-0.2, -0.15) is 0 Å². The lowest BCUT2D eigenvalue weighted by Crippen LogP contribution is -2.22. The highest BCUT2D eigenvalue weighted by Crippen LogP contribution is 2.62. The van der Waals surface area contributed by atoms with Crippen molar-refractivity contribution in [2.24, 2.45) is 0 Å². The van der Waals surface area contributed by atoms with Crippen LogP contribution in [-0.2, 0) is 31.9 Å². The van der Waals surface area contributed by atoms with Gasteiger partial charge in [0.05, 0.1) is 18.9 Å². The van der Waals surface area contributed by atoms with Crippen LogP contribution in [0, 0.1) is 0 Å². The number of benzene rings is 1. The zero-order valence-corrected chi connectivity index (χ0v) is 20.2. The number of hydrogen-bond acceptors (Lipinski definition) is 6. The molecule has 0 amide bonds. The van der Waals surface area contributed by atoms with Crippen LogP contribution in [-0.4, -0.2) is 23.3 Å². The van der Waals surface area contributed by atoms with E-state index in [0.29, 0.717) is 5.75 Å². The molecule has 3 rings (SSSR count). The number of fused-ring (bicyclic) bond motifs is 1. The maximum atomic E-state index is 14.1. The van der Waals surface area contributed by atoms with E-state index < -0.39 is 13.4 Å². The van der Waals surface area contributed by atoms with Gasteiger partial charge in [0.15, 0.2) is 5.78 Å². The quantitative estimate of drug-likeness (QED) is 0.461. The van der Waals surface area contributed by atoms with Crippen molar-refractivity contribution >= 4 is 13.3 Å². The van der Waals surface area contributed by atoms with Crippen molar-refractivity contribution < 1.29 is 18.7 Å². The molecule has 0 spiro atoms. The summed E-state index contributed by atoms with van der Waals surface area (Å²) < 4.78 is 25.6. The summed E-state index contributed by atoms with van der Waals surface area (Å²) in [5.41, 5.74) is 4.21. The molecular formula is C24H35N2O4P. The number of nitrogens with zero attached hydrogens (tertiary/aromatic N) is 1. The summed E-state index contributed by atoms with van der Waals surface area (Å²) in [6.07, 6.45) is 7.10. The molecule has 170 valence electrons. The van der Waals surface area contributed by atoms with Crippen LogP contribution in [0.3, 0.4) is 0 Å². The Morgan fingerprint density at radius 1 is 1.16 bits per heavy atom. The summed E-state index contributed by atoms with van der Waals surface area (Å²) in [6.45, 7) is 10.4. The first-order chi connectivity index (χ1) is 14.7. The minimum Gasteiger partial charge on any atom is -0.507 e. The lowest BCUT2D eigenvalue weighted by atomic mass is 9.78. The summed E-state index contributed by atoms with van der Waals surface area (Å²) in [4.78, 5) is 4.19. The molecule has 1 atom stereocenters. The molecule has 2 N–H and O–H groups in total. The smallest absolute Gasteiger partial charge is 0.357 e. The fourth-order valence-electron chi connectivity index (χ4n) is 4.25. The van der Waals surface area contributed by atoms with Gasteiger partial charge in [0.2, 0.25) is 0 Å². The molecule has 2 aromatic rings. The van der Waals surface area contributed by atoms with E-state index in [1.807, 2.05) is 32.0 Å². The summed E-state index contributed by atoms with van der Waals surface area (Å²) in [7, 11) is -3.57. The average molecular weight is 447 g/mol. The molecular weight excluding hydrogens is 411 g/mol. The molecule has 0 fully saturated rings. The third-order valence-corrected chi connectivity index (χ3v) is 7.93. The van der Waals surface area contributed by atoms with Gasteiger partial charge in [0.25, 0.3) is 0 Å². The molecule has 31 heavy (non-hydrogen) atoms. The molecule has 1 unspecified atom stereocenters. The largest absolute Gasteiger partial charge is 0.507 e. The minimum atomic E-state index is -3.57. The van der Waals surface area contributed by atoms with E-state index in [2.05, 4.69) is 31.1 Å². The van der Waals surface area contributed by atoms with Gasteiger partial charge in [-0.1, -0.05) is 20.8 Å². The van der Waals surface area contributed by atoms with E-state index in [0.717, 1.165) is 53.6 Å². The lowest BCUT2D eigenvalue weighted by molar-refractivity contribution is 0.214. The van der Waals surface area contributed by atoms with Crippen molar-refractivity contribution in [1.29, 1.82) is 0 Å². The Morgan fingerprint density at radius 3 is 2.35 bits per heavy atom. The van der Waals surface area contributed by atoms with Crippen molar-refractivity contribution in [2.75, 3.05) is 18.5 Å². The normalized spacial score (nSPS) is 15.4. The molecule has 1 aromatic heterocycles. The Kier molecular flexibility index (Phi) is 7.46. The second-order valence-corrected chi connectivity index (χ2v) is 11.1. The standard InChI is InChI=1S/C24H35N2O4P/c1-6-29-31(28,30-7-2)23(26-17-11-10-14-25-16-17)20-15-21(24(3,4)5)22(27)19-13-9-8-12-18(19)20/h10-11,14-16,23,26-27H,6-9,12-13H2,1-5H3.